The van der Waals surface area contributed by atoms with Gasteiger partial charge in [0.2, 0.25) is 11.1 Å². The fourth-order valence-corrected chi connectivity index (χ4v) is 1.29. The van der Waals surface area contributed by atoms with Gasteiger partial charge in [0.1, 0.15) is 5.75 Å². The SMILES string of the molecule is CCOc1ccc(C(=O)S(=O)O)cc1. The molecule has 0 fully saturated rings. The number of carbonyl (C=O) groups excluding carboxylic acids is 1. The molecule has 1 aromatic carbocycles. The topological polar surface area (TPSA) is 63.6 Å². The van der Waals surface area contributed by atoms with Gasteiger partial charge in [0, 0.05) is 5.56 Å². The van der Waals surface area contributed by atoms with Crippen LogP contribution in [-0.4, -0.2) is 20.5 Å². The Morgan fingerprint density at radius 1 is 1.43 bits per heavy atom. The van der Waals surface area contributed by atoms with Crippen LogP contribution in [0, 0.1) is 0 Å². The Balaban J connectivity index is 2.83. The van der Waals surface area contributed by atoms with Crippen molar-refractivity contribution in [1.29, 1.82) is 0 Å². The summed E-state index contributed by atoms with van der Waals surface area (Å²) in [6, 6.07) is 6.09. The average Bonchev–Trinajstić information content (AvgIpc) is 2.18. The molecule has 0 amide bonds. The van der Waals surface area contributed by atoms with Crippen molar-refractivity contribution in [3.63, 3.8) is 0 Å². The lowest BCUT2D eigenvalue weighted by atomic mass is 10.2. The van der Waals surface area contributed by atoms with E-state index in [1.807, 2.05) is 6.92 Å². The Bertz CT molecular complexity index is 344. The molecular weight excluding hydrogens is 204 g/mol. The van der Waals surface area contributed by atoms with Crippen LogP contribution in [0.2, 0.25) is 0 Å². The third-order valence-electron chi connectivity index (χ3n) is 1.56. The van der Waals surface area contributed by atoms with Gasteiger partial charge in [0.15, 0.2) is 0 Å². The minimum atomic E-state index is -2.45. The van der Waals surface area contributed by atoms with E-state index in [0.717, 1.165) is 0 Å². The van der Waals surface area contributed by atoms with Gasteiger partial charge in [-0.25, -0.2) is 4.21 Å². The van der Waals surface area contributed by atoms with Crippen molar-refractivity contribution in [2.75, 3.05) is 6.61 Å². The van der Waals surface area contributed by atoms with E-state index in [-0.39, 0.29) is 5.56 Å². The summed E-state index contributed by atoms with van der Waals surface area (Å²) in [5.74, 6) is 0.632. The number of ether oxygens (including phenoxy) is 1. The van der Waals surface area contributed by atoms with E-state index in [2.05, 4.69) is 0 Å². The van der Waals surface area contributed by atoms with Crippen LogP contribution >= 0.6 is 0 Å². The van der Waals surface area contributed by atoms with Crippen LogP contribution in [0.5, 0.6) is 5.75 Å². The molecule has 0 aromatic heterocycles. The third-order valence-corrected chi connectivity index (χ3v) is 2.11. The fourth-order valence-electron chi connectivity index (χ4n) is 0.955. The number of carbonyl (C=O) groups is 1. The highest BCUT2D eigenvalue weighted by Gasteiger charge is 2.11. The average molecular weight is 214 g/mol. The van der Waals surface area contributed by atoms with Crippen LogP contribution in [0.25, 0.3) is 0 Å². The van der Waals surface area contributed by atoms with Crippen molar-refractivity contribution < 1.29 is 18.3 Å². The predicted octanol–water partition coefficient (Wildman–Crippen LogP) is 1.45. The predicted molar refractivity (Wildman–Crippen MR) is 52.7 cm³/mol. The maximum Gasteiger partial charge on any atom is 0.276 e. The molecule has 76 valence electrons. The van der Waals surface area contributed by atoms with Crippen LogP contribution in [0.4, 0.5) is 0 Å². The molecule has 1 unspecified atom stereocenters. The zero-order chi connectivity index (χ0) is 10.6. The van der Waals surface area contributed by atoms with E-state index in [0.29, 0.717) is 12.4 Å². The maximum atomic E-state index is 11.0. The number of benzene rings is 1. The van der Waals surface area contributed by atoms with E-state index in [1.165, 1.54) is 12.1 Å². The van der Waals surface area contributed by atoms with Gasteiger partial charge in [-0.15, -0.1) is 0 Å². The maximum absolute atomic E-state index is 11.0. The summed E-state index contributed by atoms with van der Waals surface area (Å²) in [4.78, 5) is 11.0. The zero-order valence-corrected chi connectivity index (χ0v) is 8.41. The second-order valence-corrected chi connectivity index (χ2v) is 3.36. The first kappa shape index (κ1) is 10.9. The summed E-state index contributed by atoms with van der Waals surface area (Å²) in [5.41, 5.74) is 0.203. The molecular formula is C9H10O4S. The molecule has 1 N–H and O–H groups in total. The Morgan fingerprint density at radius 2 is 2.00 bits per heavy atom. The standard InChI is InChI=1S/C9H10O4S/c1-2-13-8-5-3-7(4-6-8)9(10)14(11)12/h3-6H,2H2,1H3,(H,11,12). The molecule has 14 heavy (non-hydrogen) atoms. The molecule has 0 bridgehead atoms. The Hall–Kier alpha value is -1.20. The van der Waals surface area contributed by atoms with Crippen molar-refractivity contribution >= 4 is 16.2 Å². The molecule has 0 heterocycles. The van der Waals surface area contributed by atoms with Gasteiger partial charge in [-0.2, -0.15) is 0 Å². The van der Waals surface area contributed by atoms with Gasteiger partial charge in [-0.1, -0.05) is 0 Å². The molecule has 0 aliphatic carbocycles. The molecule has 1 aromatic rings. The van der Waals surface area contributed by atoms with E-state index in [1.54, 1.807) is 12.1 Å². The van der Waals surface area contributed by atoms with Crippen LogP contribution < -0.4 is 4.74 Å². The molecule has 1 atom stereocenters. The molecule has 0 saturated heterocycles. The van der Waals surface area contributed by atoms with Crippen molar-refractivity contribution in [1.82, 2.24) is 0 Å². The Kier molecular flexibility index (Phi) is 3.79. The molecule has 1 rings (SSSR count). The highest BCUT2D eigenvalue weighted by Crippen LogP contribution is 2.12. The van der Waals surface area contributed by atoms with Crippen LogP contribution in [0.3, 0.4) is 0 Å². The van der Waals surface area contributed by atoms with E-state index < -0.39 is 16.2 Å². The Morgan fingerprint density at radius 3 is 2.43 bits per heavy atom. The minimum absolute atomic E-state index is 0.203. The lowest BCUT2D eigenvalue weighted by Gasteiger charge is -2.02. The van der Waals surface area contributed by atoms with Crippen LogP contribution in [-0.2, 0) is 11.1 Å². The molecule has 0 aliphatic rings. The monoisotopic (exact) mass is 214 g/mol. The minimum Gasteiger partial charge on any atom is -0.494 e. The molecule has 4 nitrogen and oxygen atoms in total. The quantitative estimate of drug-likeness (QED) is 0.773. The summed E-state index contributed by atoms with van der Waals surface area (Å²) in [5, 5.41) is -0.798. The second kappa shape index (κ2) is 4.88. The van der Waals surface area contributed by atoms with Gasteiger partial charge in [0.25, 0.3) is 5.12 Å². The van der Waals surface area contributed by atoms with E-state index in [9.17, 15) is 9.00 Å². The van der Waals surface area contributed by atoms with Crippen molar-refractivity contribution in [3.05, 3.63) is 29.8 Å². The number of hydrogen-bond acceptors (Lipinski definition) is 3. The molecule has 0 saturated carbocycles. The van der Waals surface area contributed by atoms with E-state index >= 15 is 0 Å². The second-order valence-electron chi connectivity index (χ2n) is 2.49. The lowest BCUT2D eigenvalue weighted by Crippen LogP contribution is -2.05. The summed E-state index contributed by atoms with van der Waals surface area (Å²) in [7, 11) is 0. The molecule has 5 heteroatoms. The Labute approximate surface area is 84.2 Å². The fraction of sp³-hybridized carbons (Fsp3) is 0.222. The zero-order valence-electron chi connectivity index (χ0n) is 7.60. The number of rotatable bonds is 3. The number of hydrogen-bond donors (Lipinski definition) is 1. The van der Waals surface area contributed by atoms with Crippen molar-refractivity contribution in [2.45, 2.75) is 6.92 Å². The van der Waals surface area contributed by atoms with Gasteiger partial charge >= 0.3 is 0 Å². The van der Waals surface area contributed by atoms with Gasteiger partial charge in [-0.05, 0) is 31.2 Å². The summed E-state index contributed by atoms with van der Waals surface area (Å²) >= 11 is -2.45. The molecule has 0 spiro atoms. The van der Waals surface area contributed by atoms with Crippen molar-refractivity contribution in [3.8, 4) is 5.75 Å². The first-order valence-electron chi connectivity index (χ1n) is 4.03. The van der Waals surface area contributed by atoms with Crippen LogP contribution in [0.15, 0.2) is 24.3 Å². The van der Waals surface area contributed by atoms with Crippen LogP contribution in [0.1, 0.15) is 17.3 Å². The normalized spacial score (nSPS) is 12.1. The largest absolute Gasteiger partial charge is 0.494 e. The van der Waals surface area contributed by atoms with Crippen molar-refractivity contribution in [2.24, 2.45) is 0 Å². The molecule has 0 aliphatic heterocycles. The van der Waals surface area contributed by atoms with Gasteiger partial charge < -0.3 is 4.74 Å². The summed E-state index contributed by atoms with van der Waals surface area (Å²) in [6.07, 6.45) is 0. The highest BCUT2D eigenvalue weighted by molar-refractivity contribution is 7.95. The van der Waals surface area contributed by atoms with Gasteiger partial charge in [0.05, 0.1) is 6.61 Å². The first-order chi connectivity index (χ1) is 6.65. The molecule has 0 radical (unpaired) electrons. The lowest BCUT2D eigenvalue weighted by molar-refractivity contribution is 0.107. The van der Waals surface area contributed by atoms with Gasteiger partial charge in [-0.3, -0.25) is 9.35 Å². The smallest absolute Gasteiger partial charge is 0.276 e. The highest BCUT2D eigenvalue weighted by atomic mass is 32.2. The first-order valence-corrected chi connectivity index (χ1v) is 5.14. The summed E-state index contributed by atoms with van der Waals surface area (Å²) < 4.78 is 24.1. The van der Waals surface area contributed by atoms with E-state index in [4.69, 9.17) is 9.29 Å². The third kappa shape index (κ3) is 2.65. The summed E-state index contributed by atoms with van der Waals surface area (Å²) in [6.45, 7) is 2.39.